The quantitative estimate of drug-likeness (QED) is 0.643. The molecular formula is C15H21ClN2S. The van der Waals surface area contributed by atoms with Crippen LogP contribution in [0.3, 0.4) is 0 Å². The van der Waals surface area contributed by atoms with Gasteiger partial charge in [-0.15, -0.1) is 0 Å². The molecule has 0 saturated heterocycles. The number of halogens is 1. The first-order chi connectivity index (χ1) is 9.08. The van der Waals surface area contributed by atoms with Crippen molar-refractivity contribution in [1.82, 2.24) is 0 Å². The summed E-state index contributed by atoms with van der Waals surface area (Å²) in [4.78, 5) is 0.385. The van der Waals surface area contributed by atoms with Crippen molar-refractivity contribution in [2.45, 2.75) is 45.1 Å². The molecule has 2 unspecified atom stereocenters. The van der Waals surface area contributed by atoms with E-state index in [2.05, 4.69) is 12.2 Å². The van der Waals surface area contributed by atoms with Crippen LogP contribution in [0.4, 0.5) is 5.69 Å². The Morgan fingerprint density at radius 2 is 2.05 bits per heavy atom. The minimum absolute atomic E-state index is 0.385. The lowest BCUT2D eigenvalue weighted by Crippen LogP contribution is -2.26. The fourth-order valence-electron chi connectivity index (χ4n) is 2.69. The molecule has 2 rings (SSSR count). The highest BCUT2D eigenvalue weighted by atomic mass is 35.5. The van der Waals surface area contributed by atoms with Gasteiger partial charge >= 0.3 is 0 Å². The largest absolute Gasteiger partial charge is 0.389 e. The van der Waals surface area contributed by atoms with Crippen molar-refractivity contribution in [2.75, 3.05) is 5.32 Å². The first-order valence-corrected chi connectivity index (χ1v) is 7.72. The van der Waals surface area contributed by atoms with Crippen molar-refractivity contribution in [1.29, 1.82) is 0 Å². The van der Waals surface area contributed by atoms with Gasteiger partial charge in [0, 0.05) is 11.6 Å². The third kappa shape index (κ3) is 3.83. The van der Waals surface area contributed by atoms with E-state index < -0.39 is 0 Å². The van der Waals surface area contributed by atoms with Crippen molar-refractivity contribution in [3.05, 3.63) is 28.8 Å². The molecule has 1 aliphatic rings. The Morgan fingerprint density at radius 3 is 2.74 bits per heavy atom. The van der Waals surface area contributed by atoms with Gasteiger partial charge in [-0.1, -0.05) is 50.0 Å². The van der Waals surface area contributed by atoms with Crippen LogP contribution >= 0.6 is 23.8 Å². The van der Waals surface area contributed by atoms with E-state index in [0.29, 0.717) is 22.0 Å². The fraction of sp³-hybridized carbons (Fsp3) is 0.533. The minimum Gasteiger partial charge on any atom is -0.389 e. The highest BCUT2D eigenvalue weighted by Gasteiger charge is 2.20. The molecule has 0 radical (unpaired) electrons. The second kappa shape index (κ2) is 6.58. The maximum Gasteiger partial charge on any atom is 0.104 e. The molecule has 1 aromatic carbocycles. The Labute approximate surface area is 125 Å². The number of benzene rings is 1. The SMILES string of the molecule is CC1CCCCCC1Nc1ccc(C(N)=S)cc1Cl. The first-order valence-electron chi connectivity index (χ1n) is 6.94. The van der Waals surface area contributed by atoms with Gasteiger partial charge in [0.25, 0.3) is 0 Å². The van der Waals surface area contributed by atoms with Crippen molar-refractivity contribution in [3.63, 3.8) is 0 Å². The van der Waals surface area contributed by atoms with E-state index in [0.717, 1.165) is 11.3 Å². The van der Waals surface area contributed by atoms with Crippen LogP contribution in [0.15, 0.2) is 18.2 Å². The number of anilines is 1. The standard InChI is InChI=1S/C15H21ClN2S/c1-10-5-3-2-4-6-13(10)18-14-8-7-11(15(17)19)9-12(14)16/h7-10,13,18H,2-6H2,1H3,(H2,17,19). The average Bonchev–Trinajstić information content (AvgIpc) is 2.57. The zero-order chi connectivity index (χ0) is 13.8. The molecule has 0 spiro atoms. The normalized spacial score (nSPS) is 23.7. The molecule has 1 aromatic rings. The zero-order valence-electron chi connectivity index (χ0n) is 11.3. The van der Waals surface area contributed by atoms with Crippen LogP contribution < -0.4 is 11.1 Å². The molecular weight excluding hydrogens is 276 g/mol. The van der Waals surface area contributed by atoms with E-state index in [1.807, 2.05) is 18.2 Å². The smallest absolute Gasteiger partial charge is 0.104 e. The maximum atomic E-state index is 6.30. The molecule has 2 nitrogen and oxygen atoms in total. The molecule has 2 atom stereocenters. The lowest BCUT2D eigenvalue weighted by molar-refractivity contribution is 0.457. The third-order valence-corrected chi connectivity index (χ3v) is 4.50. The molecule has 4 heteroatoms. The molecule has 104 valence electrons. The topological polar surface area (TPSA) is 38.0 Å². The zero-order valence-corrected chi connectivity index (χ0v) is 12.9. The van der Waals surface area contributed by atoms with E-state index >= 15 is 0 Å². The summed E-state index contributed by atoms with van der Waals surface area (Å²) in [6.07, 6.45) is 6.49. The molecule has 19 heavy (non-hydrogen) atoms. The van der Waals surface area contributed by atoms with Crippen molar-refractivity contribution >= 4 is 34.5 Å². The highest BCUT2D eigenvalue weighted by Crippen LogP contribution is 2.29. The molecule has 0 heterocycles. The van der Waals surface area contributed by atoms with Crippen LogP contribution in [0.5, 0.6) is 0 Å². The number of hydrogen-bond acceptors (Lipinski definition) is 2. The van der Waals surface area contributed by atoms with Gasteiger partial charge in [0.2, 0.25) is 0 Å². The van der Waals surface area contributed by atoms with E-state index in [1.165, 1.54) is 32.1 Å². The van der Waals surface area contributed by atoms with Crippen molar-refractivity contribution in [3.8, 4) is 0 Å². The molecule has 0 amide bonds. The predicted octanol–water partition coefficient (Wildman–Crippen LogP) is 4.35. The van der Waals surface area contributed by atoms with Gasteiger partial charge in [0.05, 0.1) is 10.7 Å². The van der Waals surface area contributed by atoms with Gasteiger partial charge in [-0.25, -0.2) is 0 Å². The van der Waals surface area contributed by atoms with Crippen LogP contribution in [-0.2, 0) is 0 Å². The molecule has 1 aliphatic carbocycles. The Morgan fingerprint density at radius 1 is 1.32 bits per heavy atom. The van der Waals surface area contributed by atoms with Gasteiger partial charge < -0.3 is 11.1 Å². The van der Waals surface area contributed by atoms with E-state index in [1.54, 1.807) is 0 Å². The third-order valence-electron chi connectivity index (χ3n) is 3.96. The summed E-state index contributed by atoms with van der Waals surface area (Å²) in [5, 5.41) is 4.29. The molecule has 0 aromatic heterocycles. The lowest BCUT2D eigenvalue weighted by Gasteiger charge is -2.24. The summed E-state index contributed by atoms with van der Waals surface area (Å²) in [5.41, 5.74) is 7.42. The van der Waals surface area contributed by atoms with Crippen LogP contribution in [0.1, 0.15) is 44.6 Å². The van der Waals surface area contributed by atoms with Gasteiger partial charge in [-0.05, 0) is 37.0 Å². The molecule has 1 fully saturated rings. The second-order valence-corrected chi connectivity index (χ2v) is 6.27. The van der Waals surface area contributed by atoms with E-state index in [4.69, 9.17) is 29.6 Å². The number of hydrogen-bond donors (Lipinski definition) is 2. The fourth-order valence-corrected chi connectivity index (χ4v) is 3.05. The lowest BCUT2D eigenvalue weighted by atomic mass is 9.96. The van der Waals surface area contributed by atoms with E-state index in [9.17, 15) is 0 Å². The Hall–Kier alpha value is -0.800. The van der Waals surface area contributed by atoms with Crippen molar-refractivity contribution < 1.29 is 0 Å². The number of nitrogens with one attached hydrogen (secondary N) is 1. The summed E-state index contributed by atoms with van der Waals surface area (Å²) in [5.74, 6) is 0.689. The summed E-state index contributed by atoms with van der Waals surface area (Å²) < 4.78 is 0. The Bertz CT molecular complexity index is 461. The van der Waals surface area contributed by atoms with E-state index in [-0.39, 0.29) is 0 Å². The average molecular weight is 297 g/mol. The molecule has 0 bridgehead atoms. The molecule has 1 saturated carbocycles. The van der Waals surface area contributed by atoms with Crippen molar-refractivity contribution in [2.24, 2.45) is 11.7 Å². The summed E-state index contributed by atoms with van der Waals surface area (Å²) in [6.45, 7) is 2.32. The Kier molecular flexibility index (Phi) is 5.06. The van der Waals surface area contributed by atoms with Crippen LogP contribution in [0.25, 0.3) is 0 Å². The second-order valence-electron chi connectivity index (χ2n) is 5.43. The molecule has 0 aliphatic heterocycles. The van der Waals surface area contributed by atoms with Gasteiger partial charge in [0.1, 0.15) is 4.99 Å². The van der Waals surface area contributed by atoms with Gasteiger partial charge in [-0.3, -0.25) is 0 Å². The van der Waals surface area contributed by atoms with Gasteiger partial charge in [-0.2, -0.15) is 0 Å². The van der Waals surface area contributed by atoms with Crippen LogP contribution in [0, 0.1) is 5.92 Å². The summed E-state index contributed by atoms with van der Waals surface area (Å²) in [6, 6.07) is 6.26. The number of thiocarbonyl (C=S) groups is 1. The monoisotopic (exact) mass is 296 g/mol. The first kappa shape index (κ1) is 14.6. The van der Waals surface area contributed by atoms with Crippen LogP contribution in [0.2, 0.25) is 5.02 Å². The highest BCUT2D eigenvalue weighted by molar-refractivity contribution is 7.80. The predicted molar refractivity (Wildman–Crippen MR) is 87.0 cm³/mol. The van der Waals surface area contributed by atoms with Crippen LogP contribution in [-0.4, -0.2) is 11.0 Å². The maximum absolute atomic E-state index is 6.30. The number of rotatable bonds is 3. The minimum atomic E-state index is 0.385. The number of nitrogens with two attached hydrogens (primary N) is 1. The molecule has 3 N–H and O–H groups in total. The van der Waals surface area contributed by atoms with Gasteiger partial charge in [0.15, 0.2) is 0 Å². The summed E-state index contributed by atoms with van der Waals surface area (Å²) >= 11 is 11.3. The summed E-state index contributed by atoms with van der Waals surface area (Å²) in [7, 11) is 0. The Balaban J connectivity index is 2.11.